The van der Waals surface area contributed by atoms with E-state index in [2.05, 4.69) is 10.6 Å². The zero-order chi connectivity index (χ0) is 21.6. The van der Waals surface area contributed by atoms with Gasteiger partial charge in [-0.15, -0.1) is 11.3 Å². The van der Waals surface area contributed by atoms with Crippen LogP contribution in [-0.4, -0.2) is 35.6 Å². The maximum absolute atomic E-state index is 11.6. The topological polar surface area (TPSA) is 148 Å². The Hall–Kier alpha value is -2.91. The number of aliphatic carboxylic acids is 1. The van der Waals surface area contributed by atoms with Gasteiger partial charge in [0.05, 0.1) is 5.56 Å². The molecule has 0 spiro atoms. The maximum atomic E-state index is 11.6. The highest BCUT2D eigenvalue weighted by atomic mass is 32.1. The summed E-state index contributed by atoms with van der Waals surface area (Å²) in [6, 6.07) is 7.97. The average molecular weight is 419 g/mol. The molecular formula is C20H26N4O4S. The van der Waals surface area contributed by atoms with Gasteiger partial charge in [-0.2, -0.15) is 0 Å². The number of rotatable bonds is 10. The first-order chi connectivity index (χ1) is 13.7. The molecule has 29 heavy (non-hydrogen) atoms. The number of anilines is 1. The zero-order valence-corrected chi connectivity index (χ0v) is 17.2. The van der Waals surface area contributed by atoms with Crippen LogP contribution in [0, 0.1) is 5.92 Å². The molecule has 0 radical (unpaired) electrons. The Labute approximate surface area is 173 Å². The molecule has 7 N–H and O–H groups in total. The fraction of sp³-hybridized carbons (Fsp3) is 0.350. The Kier molecular flexibility index (Phi) is 7.74. The largest absolute Gasteiger partial charge is 0.480 e. The van der Waals surface area contributed by atoms with Crippen LogP contribution in [0.15, 0.2) is 30.3 Å². The molecule has 1 heterocycles. The van der Waals surface area contributed by atoms with Gasteiger partial charge in [-0.3, -0.25) is 14.9 Å². The summed E-state index contributed by atoms with van der Waals surface area (Å²) in [6.07, 6.45) is 1.21. The van der Waals surface area contributed by atoms with Crippen LogP contribution in [0.25, 0.3) is 10.4 Å². The van der Waals surface area contributed by atoms with Gasteiger partial charge in [-0.05, 0) is 42.5 Å². The van der Waals surface area contributed by atoms with Crippen molar-refractivity contribution in [1.29, 1.82) is 0 Å². The number of thiophene rings is 1. The number of benzene rings is 1. The van der Waals surface area contributed by atoms with Crippen molar-refractivity contribution in [1.82, 2.24) is 5.32 Å². The lowest BCUT2D eigenvalue weighted by Crippen LogP contribution is -2.38. The average Bonchev–Trinajstić information content (AvgIpc) is 3.04. The quantitative estimate of drug-likeness (QED) is 0.402. The lowest BCUT2D eigenvalue weighted by molar-refractivity contribution is -0.139. The highest BCUT2D eigenvalue weighted by molar-refractivity contribution is 7.20. The summed E-state index contributed by atoms with van der Waals surface area (Å²) in [5.41, 5.74) is 12.6. The second-order valence-electron chi connectivity index (χ2n) is 7.13. The van der Waals surface area contributed by atoms with E-state index >= 15 is 0 Å². The van der Waals surface area contributed by atoms with Gasteiger partial charge in [-0.25, -0.2) is 4.79 Å². The number of amides is 3. The van der Waals surface area contributed by atoms with Crippen molar-refractivity contribution in [3.8, 4) is 10.4 Å². The van der Waals surface area contributed by atoms with E-state index in [0.717, 1.165) is 16.0 Å². The number of hydrogen-bond donors (Lipinski definition) is 5. The second kappa shape index (κ2) is 10.0. The molecule has 0 fully saturated rings. The number of carboxylic acid groups (broad SMARTS) is 1. The number of nitrogens with one attached hydrogen (secondary N) is 2. The van der Waals surface area contributed by atoms with Crippen molar-refractivity contribution in [3.05, 3.63) is 41.5 Å². The van der Waals surface area contributed by atoms with Gasteiger partial charge in [-0.1, -0.05) is 38.1 Å². The van der Waals surface area contributed by atoms with E-state index in [1.165, 1.54) is 11.3 Å². The third-order valence-corrected chi connectivity index (χ3v) is 5.35. The lowest BCUT2D eigenvalue weighted by Gasteiger charge is -2.16. The highest BCUT2D eigenvalue weighted by Crippen LogP contribution is 2.35. The van der Waals surface area contributed by atoms with Crippen molar-refractivity contribution in [2.24, 2.45) is 17.4 Å². The van der Waals surface area contributed by atoms with Gasteiger partial charge < -0.3 is 21.9 Å². The first-order valence-corrected chi connectivity index (χ1v) is 10.0. The molecule has 3 amide bonds. The third-order valence-electron chi connectivity index (χ3n) is 4.26. The summed E-state index contributed by atoms with van der Waals surface area (Å²) in [5, 5.41) is 15.1. The Balaban J connectivity index is 2.12. The predicted octanol–water partition coefficient (Wildman–Crippen LogP) is 2.64. The molecule has 1 aromatic heterocycles. The summed E-state index contributed by atoms with van der Waals surface area (Å²) in [5.74, 6) is -1.21. The van der Waals surface area contributed by atoms with E-state index in [-0.39, 0.29) is 11.5 Å². The van der Waals surface area contributed by atoms with Crippen molar-refractivity contribution in [3.63, 3.8) is 0 Å². The Bertz CT molecular complexity index is 894. The smallest absolute Gasteiger partial charge is 0.320 e. The number of nitrogens with two attached hydrogens (primary N) is 2. The molecule has 1 aromatic carbocycles. The molecule has 0 aliphatic carbocycles. The minimum atomic E-state index is -0.848. The standard InChI is InChI=1S/C20H26N4O4S/c1-11(2)8-15(19(26)27)23-7-6-12-4-3-5-13(9-12)16-10-14(17(21)25)18(29-16)24-20(22)28/h3-5,9-11,15,23H,6-8H2,1-2H3,(H2,21,25)(H,26,27)(H3,22,24,28)/t15-/m1/s1. The number of carboxylic acids is 1. The van der Waals surface area contributed by atoms with E-state index in [1.54, 1.807) is 6.07 Å². The van der Waals surface area contributed by atoms with Crippen molar-refractivity contribution < 1.29 is 19.5 Å². The van der Waals surface area contributed by atoms with Gasteiger partial charge in [0.1, 0.15) is 11.0 Å². The summed E-state index contributed by atoms with van der Waals surface area (Å²) >= 11 is 1.21. The molecule has 0 saturated carbocycles. The molecule has 0 aliphatic rings. The van der Waals surface area contributed by atoms with E-state index in [9.17, 15) is 19.5 Å². The van der Waals surface area contributed by atoms with E-state index in [4.69, 9.17) is 11.5 Å². The van der Waals surface area contributed by atoms with Crippen LogP contribution in [0.5, 0.6) is 0 Å². The number of primary amides is 2. The van der Waals surface area contributed by atoms with Crippen LogP contribution in [0.1, 0.15) is 36.2 Å². The van der Waals surface area contributed by atoms with E-state index < -0.39 is 23.9 Å². The summed E-state index contributed by atoms with van der Waals surface area (Å²) < 4.78 is 0. The van der Waals surface area contributed by atoms with Crippen molar-refractivity contribution in [2.45, 2.75) is 32.7 Å². The van der Waals surface area contributed by atoms with Gasteiger partial charge in [0.15, 0.2) is 0 Å². The molecule has 0 saturated heterocycles. The van der Waals surface area contributed by atoms with Crippen LogP contribution in [-0.2, 0) is 11.2 Å². The van der Waals surface area contributed by atoms with Crippen LogP contribution in [0.2, 0.25) is 0 Å². The van der Waals surface area contributed by atoms with Gasteiger partial charge >= 0.3 is 12.0 Å². The summed E-state index contributed by atoms with van der Waals surface area (Å²) in [7, 11) is 0. The third kappa shape index (κ3) is 6.58. The Morgan fingerprint density at radius 3 is 2.48 bits per heavy atom. The summed E-state index contributed by atoms with van der Waals surface area (Å²) in [4.78, 5) is 34.9. The predicted molar refractivity (Wildman–Crippen MR) is 114 cm³/mol. The number of hydrogen-bond acceptors (Lipinski definition) is 5. The van der Waals surface area contributed by atoms with Gasteiger partial charge in [0, 0.05) is 4.88 Å². The number of urea groups is 1. The fourth-order valence-electron chi connectivity index (χ4n) is 2.93. The SMILES string of the molecule is CC(C)C[C@@H](NCCc1cccc(-c2cc(C(N)=O)c(NC(N)=O)s2)c1)C(=O)O. The molecular weight excluding hydrogens is 392 g/mol. The molecule has 2 aromatic rings. The molecule has 1 atom stereocenters. The normalized spacial score (nSPS) is 12.0. The molecule has 0 bridgehead atoms. The van der Waals surface area contributed by atoms with Crippen LogP contribution in [0.4, 0.5) is 9.80 Å². The minimum absolute atomic E-state index is 0.203. The lowest BCUT2D eigenvalue weighted by atomic mass is 10.0. The van der Waals surface area contributed by atoms with E-state index in [0.29, 0.717) is 24.4 Å². The maximum Gasteiger partial charge on any atom is 0.320 e. The van der Waals surface area contributed by atoms with Gasteiger partial charge in [0.2, 0.25) is 0 Å². The van der Waals surface area contributed by atoms with E-state index in [1.807, 2.05) is 38.1 Å². The van der Waals surface area contributed by atoms with Crippen LogP contribution >= 0.6 is 11.3 Å². The fourth-order valence-corrected chi connectivity index (χ4v) is 4.00. The molecule has 0 unspecified atom stereocenters. The Morgan fingerprint density at radius 1 is 1.17 bits per heavy atom. The first kappa shape index (κ1) is 22.4. The highest BCUT2D eigenvalue weighted by Gasteiger charge is 2.18. The Morgan fingerprint density at radius 2 is 1.90 bits per heavy atom. The first-order valence-electron chi connectivity index (χ1n) is 9.23. The monoisotopic (exact) mass is 418 g/mol. The minimum Gasteiger partial charge on any atom is -0.480 e. The zero-order valence-electron chi connectivity index (χ0n) is 16.4. The number of carbonyl (C=O) groups is 3. The van der Waals surface area contributed by atoms with Crippen molar-refractivity contribution >= 4 is 34.2 Å². The van der Waals surface area contributed by atoms with Crippen LogP contribution < -0.4 is 22.1 Å². The molecule has 0 aliphatic heterocycles. The molecule has 2 rings (SSSR count). The van der Waals surface area contributed by atoms with Crippen LogP contribution in [0.3, 0.4) is 0 Å². The molecule has 9 heteroatoms. The number of carbonyl (C=O) groups excluding carboxylic acids is 2. The van der Waals surface area contributed by atoms with Crippen molar-refractivity contribution in [2.75, 3.05) is 11.9 Å². The molecule has 8 nitrogen and oxygen atoms in total. The second-order valence-corrected chi connectivity index (χ2v) is 8.18. The van der Waals surface area contributed by atoms with Gasteiger partial charge in [0.25, 0.3) is 5.91 Å². The summed E-state index contributed by atoms with van der Waals surface area (Å²) in [6.45, 7) is 4.51. The molecule has 156 valence electrons.